The van der Waals surface area contributed by atoms with Gasteiger partial charge in [-0.05, 0) is 12.1 Å². The van der Waals surface area contributed by atoms with Crippen molar-refractivity contribution in [1.82, 2.24) is 10.1 Å². The van der Waals surface area contributed by atoms with Crippen molar-refractivity contribution in [2.45, 2.75) is 0 Å². The summed E-state index contributed by atoms with van der Waals surface area (Å²) in [5, 5.41) is 6.33. The molecule has 0 fully saturated rings. The zero-order chi connectivity index (χ0) is 10.7. The first-order valence-corrected chi connectivity index (χ1v) is 4.48. The maximum absolute atomic E-state index is 11.5. The van der Waals surface area contributed by atoms with Crippen LogP contribution in [0.15, 0.2) is 35.1 Å². The molecule has 0 atom stereocenters. The molecule has 0 spiro atoms. The van der Waals surface area contributed by atoms with Crippen LogP contribution < -0.4 is 5.32 Å². The third-order valence-corrected chi connectivity index (χ3v) is 1.84. The van der Waals surface area contributed by atoms with Crippen molar-refractivity contribution in [3.05, 3.63) is 41.4 Å². The maximum Gasteiger partial charge on any atom is 0.278 e. The number of anilines is 1. The van der Waals surface area contributed by atoms with Gasteiger partial charge in [0.2, 0.25) is 0 Å². The molecule has 0 unspecified atom stereocenters. The van der Waals surface area contributed by atoms with Gasteiger partial charge >= 0.3 is 0 Å². The number of halogens is 1. The Kier molecular flexibility index (Phi) is 2.64. The van der Waals surface area contributed by atoms with Gasteiger partial charge in [0.15, 0.2) is 5.69 Å². The first kappa shape index (κ1) is 9.67. The van der Waals surface area contributed by atoms with Crippen LogP contribution in [-0.4, -0.2) is 16.0 Å². The Morgan fingerprint density at radius 2 is 2.27 bits per heavy atom. The molecular formula is C9H6ClN3O2. The van der Waals surface area contributed by atoms with E-state index in [1.54, 1.807) is 18.2 Å². The molecule has 1 amide bonds. The molecule has 76 valence electrons. The minimum Gasteiger partial charge on any atom is -0.364 e. The standard InChI is InChI=1S/C9H6ClN3O2/c10-7-2-1-3-8(11-7)12-9(14)6-4-5-15-13-6/h1-5H,(H,11,12,14). The lowest BCUT2D eigenvalue weighted by atomic mass is 10.4. The van der Waals surface area contributed by atoms with Gasteiger partial charge in [-0.25, -0.2) is 4.98 Å². The van der Waals surface area contributed by atoms with Crippen molar-refractivity contribution in [1.29, 1.82) is 0 Å². The molecule has 2 aromatic rings. The predicted octanol–water partition coefficient (Wildman–Crippen LogP) is 1.98. The molecule has 0 bridgehead atoms. The van der Waals surface area contributed by atoms with Gasteiger partial charge in [0.25, 0.3) is 5.91 Å². The van der Waals surface area contributed by atoms with Gasteiger partial charge < -0.3 is 9.84 Å². The second kappa shape index (κ2) is 4.10. The predicted molar refractivity (Wildman–Crippen MR) is 53.7 cm³/mol. The normalized spacial score (nSPS) is 9.93. The van der Waals surface area contributed by atoms with Crippen LogP contribution in [0.1, 0.15) is 10.5 Å². The van der Waals surface area contributed by atoms with Crippen LogP contribution in [-0.2, 0) is 0 Å². The molecule has 0 radical (unpaired) electrons. The fourth-order valence-electron chi connectivity index (χ4n) is 0.988. The molecule has 2 heterocycles. The van der Waals surface area contributed by atoms with Crippen molar-refractivity contribution in [3.63, 3.8) is 0 Å². The Hall–Kier alpha value is -1.88. The number of nitrogens with zero attached hydrogens (tertiary/aromatic N) is 2. The minimum atomic E-state index is -0.390. The second-order valence-corrected chi connectivity index (χ2v) is 3.07. The van der Waals surface area contributed by atoms with E-state index in [1.807, 2.05) is 0 Å². The van der Waals surface area contributed by atoms with Gasteiger partial charge in [-0.1, -0.05) is 22.8 Å². The van der Waals surface area contributed by atoms with Crippen molar-refractivity contribution in [2.24, 2.45) is 0 Å². The molecule has 0 saturated carbocycles. The summed E-state index contributed by atoms with van der Waals surface area (Å²) in [7, 11) is 0. The van der Waals surface area contributed by atoms with E-state index >= 15 is 0 Å². The summed E-state index contributed by atoms with van der Waals surface area (Å²) in [6.45, 7) is 0. The Morgan fingerprint density at radius 1 is 1.40 bits per heavy atom. The van der Waals surface area contributed by atoms with Crippen molar-refractivity contribution >= 4 is 23.3 Å². The molecule has 15 heavy (non-hydrogen) atoms. The summed E-state index contributed by atoms with van der Waals surface area (Å²) >= 11 is 5.66. The quantitative estimate of drug-likeness (QED) is 0.791. The maximum atomic E-state index is 11.5. The number of pyridine rings is 1. The Morgan fingerprint density at radius 3 is 2.93 bits per heavy atom. The van der Waals surface area contributed by atoms with Crippen LogP contribution in [0.5, 0.6) is 0 Å². The number of carbonyl (C=O) groups is 1. The number of nitrogens with one attached hydrogen (secondary N) is 1. The number of rotatable bonds is 2. The smallest absolute Gasteiger partial charge is 0.278 e. The second-order valence-electron chi connectivity index (χ2n) is 2.68. The lowest BCUT2D eigenvalue weighted by Gasteiger charge is -2.00. The molecule has 5 nitrogen and oxygen atoms in total. The lowest BCUT2D eigenvalue weighted by molar-refractivity contribution is 0.101. The highest BCUT2D eigenvalue weighted by Gasteiger charge is 2.09. The van der Waals surface area contributed by atoms with E-state index in [2.05, 4.69) is 20.0 Å². The van der Waals surface area contributed by atoms with E-state index in [-0.39, 0.29) is 5.69 Å². The Bertz CT molecular complexity index is 470. The number of hydrogen-bond acceptors (Lipinski definition) is 4. The highest BCUT2D eigenvalue weighted by molar-refractivity contribution is 6.29. The summed E-state index contributed by atoms with van der Waals surface area (Å²) in [6, 6.07) is 6.39. The van der Waals surface area contributed by atoms with E-state index in [4.69, 9.17) is 11.6 Å². The molecule has 1 N–H and O–H groups in total. The third-order valence-electron chi connectivity index (χ3n) is 1.63. The summed E-state index contributed by atoms with van der Waals surface area (Å²) in [5.74, 6) is -0.0194. The van der Waals surface area contributed by atoms with Gasteiger partial charge in [-0.3, -0.25) is 4.79 Å². The van der Waals surface area contributed by atoms with Crippen molar-refractivity contribution in [3.8, 4) is 0 Å². The van der Waals surface area contributed by atoms with Gasteiger partial charge in [0.05, 0.1) is 0 Å². The SMILES string of the molecule is O=C(Nc1cccc(Cl)n1)c1ccon1. The van der Waals surface area contributed by atoms with E-state index < -0.39 is 5.91 Å². The summed E-state index contributed by atoms with van der Waals surface area (Å²) in [6.07, 6.45) is 1.32. The van der Waals surface area contributed by atoms with Crippen LogP contribution in [0.2, 0.25) is 5.15 Å². The van der Waals surface area contributed by atoms with E-state index in [1.165, 1.54) is 12.3 Å². The highest BCUT2D eigenvalue weighted by Crippen LogP contribution is 2.10. The third kappa shape index (κ3) is 2.32. The molecule has 0 aromatic carbocycles. The van der Waals surface area contributed by atoms with Gasteiger partial charge in [-0.2, -0.15) is 0 Å². The minimum absolute atomic E-state index is 0.191. The number of carbonyl (C=O) groups excluding carboxylic acids is 1. The first-order valence-electron chi connectivity index (χ1n) is 4.10. The van der Waals surface area contributed by atoms with E-state index in [0.29, 0.717) is 11.0 Å². The summed E-state index contributed by atoms with van der Waals surface area (Å²) in [5.41, 5.74) is 0.191. The molecule has 0 saturated heterocycles. The van der Waals surface area contributed by atoms with Crippen LogP contribution in [0.3, 0.4) is 0 Å². The zero-order valence-electron chi connectivity index (χ0n) is 7.48. The van der Waals surface area contributed by atoms with Crippen LogP contribution in [0.4, 0.5) is 5.82 Å². The van der Waals surface area contributed by atoms with Gasteiger partial charge in [-0.15, -0.1) is 0 Å². The van der Waals surface area contributed by atoms with Crippen LogP contribution in [0.25, 0.3) is 0 Å². The lowest BCUT2D eigenvalue weighted by Crippen LogP contribution is -2.13. The number of hydrogen-bond donors (Lipinski definition) is 1. The summed E-state index contributed by atoms with van der Waals surface area (Å²) in [4.78, 5) is 15.4. The average molecular weight is 224 g/mol. The van der Waals surface area contributed by atoms with Crippen molar-refractivity contribution < 1.29 is 9.32 Å². The molecular weight excluding hydrogens is 218 g/mol. The largest absolute Gasteiger partial charge is 0.364 e. The van der Waals surface area contributed by atoms with Crippen molar-refractivity contribution in [2.75, 3.05) is 5.32 Å². The van der Waals surface area contributed by atoms with E-state index in [0.717, 1.165) is 0 Å². The monoisotopic (exact) mass is 223 g/mol. The molecule has 0 aliphatic carbocycles. The number of aromatic nitrogens is 2. The molecule has 2 rings (SSSR count). The molecule has 0 aliphatic rings. The zero-order valence-corrected chi connectivity index (χ0v) is 8.23. The number of amides is 1. The Balaban J connectivity index is 2.13. The fourth-order valence-corrected chi connectivity index (χ4v) is 1.15. The fraction of sp³-hybridized carbons (Fsp3) is 0. The van der Waals surface area contributed by atoms with Crippen LogP contribution >= 0.6 is 11.6 Å². The van der Waals surface area contributed by atoms with Gasteiger partial charge in [0.1, 0.15) is 17.2 Å². The van der Waals surface area contributed by atoms with Crippen LogP contribution in [0, 0.1) is 0 Å². The first-order chi connectivity index (χ1) is 7.25. The Labute approximate surface area is 90.1 Å². The average Bonchev–Trinajstić information content (AvgIpc) is 2.70. The van der Waals surface area contributed by atoms with Gasteiger partial charge in [0, 0.05) is 6.07 Å². The molecule has 6 heteroatoms. The topological polar surface area (TPSA) is 68.0 Å². The summed E-state index contributed by atoms with van der Waals surface area (Å²) < 4.78 is 4.54. The molecule has 2 aromatic heterocycles. The molecule has 0 aliphatic heterocycles. The highest BCUT2D eigenvalue weighted by atomic mass is 35.5. The van der Waals surface area contributed by atoms with E-state index in [9.17, 15) is 4.79 Å².